The lowest BCUT2D eigenvalue weighted by Gasteiger charge is -2.28. The molecule has 3 rings (SSSR count). The van der Waals surface area contributed by atoms with E-state index < -0.39 is 0 Å². The molecule has 0 saturated heterocycles. The highest BCUT2D eigenvalue weighted by molar-refractivity contribution is 5.59. The number of fused-ring (bicyclic) bond motifs is 2. The van der Waals surface area contributed by atoms with Gasteiger partial charge in [-0.1, -0.05) is 6.42 Å². The molecule has 2 saturated carbocycles. The Morgan fingerprint density at radius 2 is 2.20 bits per heavy atom. The Balaban J connectivity index is 1.79. The van der Waals surface area contributed by atoms with Crippen molar-refractivity contribution in [3.63, 3.8) is 0 Å². The number of anilines is 1. The molecular weight excluding hydrogens is 256 g/mol. The maximum absolute atomic E-state index is 11.2. The zero-order chi connectivity index (χ0) is 14.4. The molecule has 0 radical (unpaired) electrons. The molecule has 0 spiro atoms. The van der Waals surface area contributed by atoms with Crippen molar-refractivity contribution in [3.05, 3.63) is 15.8 Å². The van der Waals surface area contributed by atoms with Gasteiger partial charge in [0.1, 0.15) is 5.69 Å². The van der Waals surface area contributed by atoms with Crippen LogP contribution in [0.4, 0.5) is 11.5 Å². The average Bonchev–Trinajstić information content (AvgIpc) is 3.04. The van der Waals surface area contributed by atoms with Crippen LogP contribution in [0.1, 0.15) is 38.3 Å². The summed E-state index contributed by atoms with van der Waals surface area (Å²) in [5.74, 6) is 2.87. The predicted octanol–water partition coefficient (Wildman–Crippen LogP) is 2.87. The molecule has 2 bridgehead atoms. The smallest absolute Gasteiger partial charge is 0.333 e. The Hall–Kier alpha value is -1.59. The van der Waals surface area contributed by atoms with Crippen LogP contribution < -0.4 is 5.32 Å². The minimum Gasteiger partial charge on any atom is -0.362 e. The van der Waals surface area contributed by atoms with Crippen molar-refractivity contribution in [2.24, 2.45) is 24.8 Å². The van der Waals surface area contributed by atoms with Gasteiger partial charge >= 0.3 is 5.69 Å². The van der Waals surface area contributed by atoms with Crippen molar-refractivity contribution in [1.82, 2.24) is 9.78 Å². The fraction of sp³-hybridized carbons (Fsp3) is 0.786. The molecule has 0 aromatic carbocycles. The number of aryl methyl sites for hydroxylation is 2. The molecule has 20 heavy (non-hydrogen) atoms. The van der Waals surface area contributed by atoms with E-state index in [1.165, 1.54) is 25.7 Å². The summed E-state index contributed by atoms with van der Waals surface area (Å²) in [6, 6.07) is 0.263. The lowest BCUT2D eigenvalue weighted by Crippen LogP contribution is -2.31. The molecule has 2 fully saturated rings. The van der Waals surface area contributed by atoms with Gasteiger partial charge < -0.3 is 5.32 Å². The molecule has 2 aliphatic rings. The van der Waals surface area contributed by atoms with Crippen LogP contribution >= 0.6 is 0 Å². The molecular formula is C14H22N4O2. The summed E-state index contributed by atoms with van der Waals surface area (Å²) in [4.78, 5) is 10.9. The summed E-state index contributed by atoms with van der Waals surface area (Å²) in [5, 5.41) is 18.7. The minimum atomic E-state index is -0.335. The molecule has 0 amide bonds. The zero-order valence-electron chi connectivity index (χ0n) is 12.3. The molecule has 6 nitrogen and oxygen atoms in total. The molecule has 0 aliphatic heterocycles. The fourth-order valence-electron chi connectivity index (χ4n) is 4.26. The van der Waals surface area contributed by atoms with Gasteiger partial charge in [0.15, 0.2) is 0 Å². The van der Waals surface area contributed by atoms with Crippen LogP contribution in [0.5, 0.6) is 0 Å². The van der Waals surface area contributed by atoms with Gasteiger partial charge in [-0.25, -0.2) is 4.68 Å². The Bertz CT molecular complexity index is 540. The van der Waals surface area contributed by atoms with Crippen molar-refractivity contribution < 1.29 is 4.92 Å². The molecule has 2 aliphatic carbocycles. The van der Waals surface area contributed by atoms with E-state index in [4.69, 9.17) is 0 Å². The van der Waals surface area contributed by atoms with Gasteiger partial charge in [-0.05, 0) is 50.9 Å². The zero-order valence-corrected chi connectivity index (χ0v) is 12.3. The van der Waals surface area contributed by atoms with E-state index in [2.05, 4.69) is 17.3 Å². The van der Waals surface area contributed by atoms with Crippen molar-refractivity contribution in [2.45, 2.75) is 45.6 Å². The van der Waals surface area contributed by atoms with E-state index in [1.54, 1.807) is 18.7 Å². The first-order chi connectivity index (χ1) is 9.47. The number of nitrogens with zero attached hydrogens (tertiary/aromatic N) is 3. The molecule has 1 aromatic rings. The summed E-state index contributed by atoms with van der Waals surface area (Å²) in [7, 11) is 1.76. The van der Waals surface area contributed by atoms with Crippen LogP contribution in [0.15, 0.2) is 0 Å². The quantitative estimate of drug-likeness (QED) is 0.679. The van der Waals surface area contributed by atoms with Crippen LogP contribution in [-0.2, 0) is 7.05 Å². The Labute approximate surface area is 118 Å². The van der Waals surface area contributed by atoms with E-state index in [0.717, 1.165) is 11.8 Å². The number of hydrogen-bond acceptors (Lipinski definition) is 4. The standard InChI is InChI=1S/C14H22N4O2/c1-8(12-7-10-4-5-11(12)6-10)15-14-13(18(19)20)9(2)16-17(14)3/h8,10-12,15H,4-7H2,1-3H3. The summed E-state index contributed by atoms with van der Waals surface area (Å²) < 4.78 is 1.59. The van der Waals surface area contributed by atoms with Crippen molar-refractivity contribution >= 4 is 11.5 Å². The first kappa shape index (κ1) is 13.4. The maximum atomic E-state index is 11.2. The SMILES string of the molecule is Cc1nn(C)c(NC(C)C2CC3CCC2C3)c1[N+](=O)[O-]. The van der Waals surface area contributed by atoms with Gasteiger partial charge in [0.25, 0.3) is 0 Å². The van der Waals surface area contributed by atoms with E-state index in [1.807, 2.05) is 0 Å². The van der Waals surface area contributed by atoms with Gasteiger partial charge in [0, 0.05) is 13.1 Å². The summed E-state index contributed by atoms with van der Waals surface area (Å²) >= 11 is 0. The second kappa shape index (κ2) is 4.75. The molecule has 1 heterocycles. The minimum absolute atomic E-state index is 0.113. The van der Waals surface area contributed by atoms with Crippen molar-refractivity contribution in [1.29, 1.82) is 0 Å². The van der Waals surface area contributed by atoms with Crippen LogP contribution in [-0.4, -0.2) is 20.7 Å². The summed E-state index contributed by atoms with van der Waals surface area (Å²) in [6.45, 7) is 3.84. The first-order valence-electron chi connectivity index (χ1n) is 7.42. The highest BCUT2D eigenvalue weighted by Crippen LogP contribution is 2.50. The lowest BCUT2D eigenvalue weighted by molar-refractivity contribution is -0.384. The lowest BCUT2D eigenvalue weighted by atomic mass is 9.84. The van der Waals surface area contributed by atoms with Gasteiger partial charge in [0.05, 0.1) is 4.92 Å². The van der Waals surface area contributed by atoms with E-state index >= 15 is 0 Å². The first-order valence-corrected chi connectivity index (χ1v) is 7.42. The van der Waals surface area contributed by atoms with Crippen molar-refractivity contribution in [3.8, 4) is 0 Å². The number of hydrogen-bond donors (Lipinski definition) is 1. The molecule has 6 heteroatoms. The topological polar surface area (TPSA) is 73.0 Å². The maximum Gasteiger partial charge on any atom is 0.333 e. The second-order valence-corrected chi connectivity index (χ2v) is 6.44. The third-order valence-corrected chi connectivity index (χ3v) is 5.17. The van der Waals surface area contributed by atoms with Gasteiger partial charge in [-0.3, -0.25) is 10.1 Å². The number of nitrogens with one attached hydrogen (secondary N) is 1. The van der Waals surface area contributed by atoms with E-state index in [-0.39, 0.29) is 16.7 Å². The van der Waals surface area contributed by atoms with E-state index in [9.17, 15) is 10.1 Å². The number of rotatable bonds is 4. The summed E-state index contributed by atoms with van der Waals surface area (Å²) in [6.07, 6.45) is 5.32. The fourth-order valence-corrected chi connectivity index (χ4v) is 4.26. The third kappa shape index (κ3) is 2.07. The van der Waals surface area contributed by atoms with Gasteiger partial charge in [-0.2, -0.15) is 5.10 Å². The summed E-state index contributed by atoms with van der Waals surface area (Å²) in [5.41, 5.74) is 0.586. The second-order valence-electron chi connectivity index (χ2n) is 6.44. The monoisotopic (exact) mass is 278 g/mol. The Morgan fingerprint density at radius 1 is 1.45 bits per heavy atom. The van der Waals surface area contributed by atoms with E-state index in [0.29, 0.717) is 17.4 Å². The number of nitro groups is 1. The Kier molecular flexibility index (Phi) is 3.18. The molecule has 4 atom stereocenters. The van der Waals surface area contributed by atoms with Crippen LogP contribution in [0.2, 0.25) is 0 Å². The molecule has 110 valence electrons. The van der Waals surface area contributed by atoms with Crippen LogP contribution in [0, 0.1) is 34.8 Å². The highest BCUT2D eigenvalue weighted by atomic mass is 16.6. The van der Waals surface area contributed by atoms with Gasteiger partial charge in [-0.15, -0.1) is 0 Å². The molecule has 1 aromatic heterocycles. The normalized spacial score (nSPS) is 29.6. The van der Waals surface area contributed by atoms with Crippen LogP contribution in [0.25, 0.3) is 0 Å². The Morgan fingerprint density at radius 3 is 2.75 bits per heavy atom. The largest absolute Gasteiger partial charge is 0.362 e. The molecule has 4 unspecified atom stereocenters. The van der Waals surface area contributed by atoms with Gasteiger partial charge in [0.2, 0.25) is 5.82 Å². The third-order valence-electron chi connectivity index (χ3n) is 5.17. The highest BCUT2D eigenvalue weighted by Gasteiger charge is 2.42. The van der Waals surface area contributed by atoms with Crippen LogP contribution in [0.3, 0.4) is 0 Å². The van der Waals surface area contributed by atoms with Crippen molar-refractivity contribution in [2.75, 3.05) is 5.32 Å². The average molecular weight is 278 g/mol. The predicted molar refractivity (Wildman–Crippen MR) is 76.6 cm³/mol. The molecule has 1 N–H and O–H groups in total. The number of aromatic nitrogens is 2.